The zero-order chi connectivity index (χ0) is 14.8. The first-order valence-electron chi connectivity index (χ1n) is 6.70. The van der Waals surface area contributed by atoms with Gasteiger partial charge in [-0.05, 0) is 38.5 Å². The van der Waals surface area contributed by atoms with Crippen LogP contribution in [0.4, 0.5) is 10.5 Å². The van der Waals surface area contributed by atoms with E-state index in [1.54, 1.807) is 6.07 Å². The van der Waals surface area contributed by atoms with Gasteiger partial charge in [0.2, 0.25) is 5.91 Å². The second-order valence-electron chi connectivity index (χ2n) is 5.96. The van der Waals surface area contributed by atoms with Gasteiger partial charge < -0.3 is 10.1 Å². The van der Waals surface area contributed by atoms with E-state index in [0.717, 1.165) is 5.56 Å². The van der Waals surface area contributed by atoms with E-state index in [9.17, 15) is 9.59 Å². The van der Waals surface area contributed by atoms with Gasteiger partial charge in [0.05, 0.1) is 0 Å². The Morgan fingerprint density at radius 2 is 2.15 bits per heavy atom. The van der Waals surface area contributed by atoms with Gasteiger partial charge in [-0.25, -0.2) is 4.79 Å². The van der Waals surface area contributed by atoms with Crippen molar-refractivity contribution in [2.75, 3.05) is 11.9 Å². The summed E-state index contributed by atoms with van der Waals surface area (Å²) in [5.74, 6) is 0.239. The van der Waals surface area contributed by atoms with Gasteiger partial charge >= 0.3 is 6.09 Å². The van der Waals surface area contributed by atoms with Gasteiger partial charge in [0.25, 0.3) is 0 Å². The lowest BCUT2D eigenvalue weighted by molar-refractivity contribution is -0.119. The highest BCUT2D eigenvalue weighted by atomic mass is 16.6. The van der Waals surface area contributed by atoms with Crippen molar-refractivity contribution in [3.05, 3.63) is 29.8 Å². The Labute approximate surface area is 118 Å². The van der Waals surface area contributed by atoms with Crippen LogP contribution in [0.3, 0.4) is 0 Å². The standard InChI is InChI=1S/C15H20N2O3/c1-15(2,3)20-14(19)17-12-6-4-5-10(7-12)11-8-13(18)16-9-11/h4-7,11H,8-9H2,1-3H3,(H,16,18)(H,17,19). The van der Waals surface area contributed by atoms with Gasteiger partial charge in [0.15, 0.2) is 0 Å². The Kier molecular flexibility index (Phi) is 3.97. The molecule has 5 heteroatoms. The first-order chi connectivity index (χ1) is 9.33. The molecule has 5 nitrogen and oxygen atoms in total. The molecule has 1 aromatic carbocycles. The predicted molar refractivity (Wildman–Crippen MR) is 76.7 cm³/mol. The molecule has 0 radical (unpaired) electrons. The first kappa shape index (κ1) is 14.4. The van der Waals surface area contributed by atoms with E-state index in [1.165, 1.54) is 0 Å². The van der Waals surface area contributed by atoms with Gasteiger partial charge in [-0.3, -0.25) is 10.1 Å². The van der Waals surface area contributed by atoms with Crippen LogP contribution in [0.1, 0.15) is 38.7 Å². The molecule has 1 heterocycles. The van der Waals surface area contributed by atoms with Crippen LogP contribution in [0.2, 0.25) is 0 Å². The van der Waals surface area contributed by atoms with Crippen molar-refractivity contribution in [3.63, 3.8) is 0 Å². The maximum absolute atomic E-state index is 11.7. The lowest BCUT2D eigenvalue weighted by Gasteiger charge is -2.20. The molecule has 1 unspecified atom stereocenters. The molecule has 1 aliphatic rings. The molecule has 1 fully saturated rings. The van der Waals surface area contributed by atoms with Crippen molar-refractivity contribution in [2.24, 2.45) is 0 Å². The number of amides is 2. The normalized spacial score (nSPS) is 18.6. The number of hydrogen-bond donors (Lipinski definition) is 2. The third-order valence-electron chi connectivity index (χ3n) is 2.98. The van der Waals surface area contributed by atoms with Gasteiger partial charge in [0.1, 0.15) is 5.60 Å². The molecule has 0 saturated carbocycles. The van der Waals surface area contributed by atoms with E-state index in [4.69, 9.17) is 4.74 Å². The first-order valence-corrected chi connectivity index (χ1v) is 6.70. The van der Waals surface area contributed by atoms with E-state index >= 15 is 0 Å². The van der Waals surface area contributed by atoms with Crippen LogP contribution in [0.25, 0.3) is 0 Å². The molecule has 1 atom stereocenters. The summed E-state index contributed by atoms with van der Waals surface area (Å²) >= 11 is 0. The Morgan fingerprint density at radius 1 is 1.40 bits per heavy atom. The van der Waals surface area contributed by atoms with Gasteiger partial charge in [-0.15, -0.1) is 0 Å². The average molecular weight is 276 g/mol. The van der Waals surface area contributed by atoms with Gasteiger partial charge in [0, 0.05) is 24.6 Å². The molecule has 0 aliphatic carbocycles. The number of nitrogens with one attached hydrogen (secondary N) is 2. The summed E-state index contributed by atoms with van der Waals surface area (Å²) in [6, 6.07) is 7.52. The van der Waals surface area contributed by atoms with Crippen LogP contribution in [-0.2, 0) is 9.53 Å². The van der Waals surface area contributed by atoms with Crippen LogP contribution >= 0.6 is 0 Å². The highest BCUT2D eigenvalue weighted by molar-refractivity contribution is 5.85. The smallest absolute Gasteiger partial charge is 0.412 e. The maximum atomic E-state index is 11.7. The van der Waals surface area contributed by atoms with Crippen LogP contribution in [0.15, 0.2) is 24.3 Å². The summed E-state index contributed by atoms with van der Waals surface area (Å²) in [5.41, 5.74) is 1.19. The van der Waals surface area contributed by atoms with E-state index in [1.807, 2.05) is 39.0 Å². The minimum absolute atomic E-state index is 0.0699. The molecule has 1 saturated heterocycles. The Hall–Kier alpha value is -2.04. The van der Waals surface area contributed by atoms with Crippen LogP contribution in [0, 0.1) is 0 Å². The van der Waals surface area contributed by atoms with Gasteiger partial charge in [-0.1, -0.05) is 12.1 Å². The van der Waals surface area contributed by atoms with Crippen molar-refractivity contribution < 1.29 is 14.3 Å². The second-order valence-corrected chi connectivity index (χ2v) is 5.96. The number of hydrogen-bond acceptors (Lipinski definition) is 3. The Bertz CT molecular complexity index is 520. The maximum Gasteiger partial charge on any atom is 0.412 e. The summed E-state index contributed by atoms with van der Waals surface area (Å²) in [4.78, 5) is 23.0. The summed E-state index contributed by atoms with van der Waals surface area (Å²) in [6.45, 7) is 6.10. The minimum atomic E-state index is -0.524. The molecule has 1 aromatic rings. The van der Waals surface area contributed by atoms with Crippen molar-refractivity contribution in [1.82, 2.24) is 5.32 Å². The van der Waals surface area contributed by atoms with Crippen molar-refractivity contribution in [1.29, 1.82) is 0 Å². The van der Waals surface area contributed by atoms with Crippen molar-refractivity contribution >= 4 is 17.7 Å². The summed E-state index contributed by atoms with van der Waals surface area (Å²) in [5, 5.41) is 5.52. The fourth-order valence-corrected chi connectivity index (χ4v) is 2.13. The van der Waals surface area contributed by atoms with Crippen molar-refractivity contribution in [2.45, 2.75) is 38.7 Å². The molecular formula is C15H20N2O3. The summed E-state index contributed by atoms with van der Waals surface area (Å²) in [6.07, 6.45) is 0.0193. The van der Waals surface area contributed by atoms with E-state index < -0.39 is 11.7 Å². The highest BCUT2D eigenvalue weighted by Crippen LogP contribution is 2.25. The fraction of sp³-hybridized carbons (Fsp3) is 0.467. The molecule has 0 bridgehead atoms. The Morgan fingerprint density at radius 3 is 2.75 bits per heavy atom. The molecule has 2 N–H and O–H groups in total. The quantitative estimate of drug-likeness (QED) is 0.872. The number of anilines is 1. The molecular weight excluding hydrogens is 256 g/mol. The third-order valence-corrected chi connectivity index (χ3v) is 2.98. The molecule has 2 rings (SSSR count). The highest BCUT2D eigenvalue weighted by Gasteiger charge is 2.23. The largest absolute Gasteiger partial charge is 0.444 e. The number of benzene rings is 1. The third kappa shape index (κ3) is 3.98. The zero-order valence-electron chi connectivity index (χ0n) is 12.0. The molecule has 108 valence electrons. The van der Waals surface area contributed by atoms with E-state index in [-0.39, 0.29) is 11.8 Å². The van der Waals surface area contributed by atoms with E-state index in [0.29, 0.717) is 18.7 Å². The monoisotopic (exact) mass is 276 g/mol. The van der Waals surface area contributed by atoms with Crippen molar-refractivity contribution in [3.8, 4) is 0 Å². The molecule has 20 heavy (non-hydrogen) atoms. The topological polar surface area (TPSA) is 67.4 Å². The van der Waals surface area contributed by atoms with E-state index in [2.05, 4.69) is 10.6 Å². The predicted octanol–water partition coefficient (Wildman–Crippen LogP) is 2.64. The summed E-state index contributed by atoms with van der Waals surface area (Å²) in [7, 11) is 0. The number of ether oxygens (including phenoxy) is 1. The SMILES string of the molecule is CC(C)(C)OC(=O)Nc1cccc(C2CNC(=O)C2)c1. The lowest BCUT2D eigenvalue weighted by atomic mass is 9.98. The second kappa shape index (κ2) is 5.53. The minimum Gasteiger partial charge on any atom is -0.444 e. The molecule has 1 aliphatic heterocycles. The number of rotatable bonds is 2. The molecule has 0 spiro atoms. The van der Waals surface area contributed by atoms with Crippen LogP contribution in [0.5, 0.6) is 0 Å². The van der Waals surface area contributed by atoms with Crippen LogP contribution < -0.4 is 10.6 Å². The number of carbonyl (C=O) groups excluding carboxylic acids is 2. The zero-order valence-corrected chi connectivity index (χ0v) is 12.0. The van der Waals surface area contributed by atoms with Crippen LogP contribution in [-0.4, -0.2) is 24.1 Å². The molecule has 0 aromatic heterocycles. The summed E-state index contributed by atoms with van der Waals surface area (Å²) < 4.78 is 5.21. The fourth-order valence-electron chi connectivity index (χ4n) is 2.13. The lowest BCUT2D eigenvalue weighted by Crippen LogP contribution is -2.27. The average Bonchev–Trinajstić information content (AvgIpc) is 2.73. The number of carbonyl (C=O) groups is 2. The molecule has 2 amide bonds. The Balaban J connectivity index is 2.03. The van der Waals surface area contributed by atoms with Gasteiger partial charge in [-0.2, -0.15) is 0 Å².